The summed E-state index contributed by atoms with van der Waals surface area (Å²) in [6.45, 7) is 1.18. The smallest absolute Gasteiger partial charge is 0.328 e. The number of aliphatic hydroxyl groups is 1. The monoisotopic (exact) mass is 304 g/mol. The van der Waals surface area contributed by atoms with Gasteiger partial charge < -0.3 is 32.3 Å². The van der Waals surface area contributed by atoms with Gasteiger partial charge in [-0.2, -0.15) is 0 Å². The molecular weight excluding hydrogens is 280 g/mol. The number of rotatable bonds is 10. The summed E-state index contributed by atoms with van der Waals surface area (Å²) >= 11 is 0. The predicted octanol–water partition coefficient (Wildman–Crippen LogP) is -2.49. The van der Waals surface area contributed by atoms with E-state index in [0.717, 1.165) is 6.42 Å². The molecule has 0 spiro atoms. The van der Waals surface area contributed by atoms with Crippen LogP contribution in [0.15, 0.2) is 0 Å². The Kier molecular flexibility index (Phi) is 9.26. The van der Waals surface area contributed by atoms with Gasteiger partial charge in [-0.3, -0.25) is 9.59 Å². The summed E-state index contributed by atoms with van der Waals surface area (Å²) in [6.07, 6.45) is 1.91. The maximum atomic E-state index is 11.7. The fourth-order valence-electron chi connectivity index (χ4n) is 1.51. The van der Waals surface area contributed by atoms with Crippen LogP contribution in [0, 0.1) is 0 Å². The normalized spacial score (nSPS) is 14.9. The highest BCUT2D eigenvalue weighted by atomic mass is 16.4. The molecule has 0 rings (SSSR count). The highest BCUT2D eigenvalue weighted by molar-refractivity contribution is 5.91. The van der Waals surface area contributed by atoms with Gasteiger partial charge in [0.1, 0.15) is 12.1 Å². The van der Waals surface area contributed by atoms with Crippen molar-refractivity contribution in [2.75, 3.05) is 13.2 Å². The number of carboxylic acid groups (broad SMARTS) is 1. The predicted molar refractivity (Wildman–Crippen MR) is 75.1 cm³/mol. The van der Waals surface area contributed by atoms with Crippen LogP contribution < -0.4 is 22.1 Å². The zero-order chi connectivity index (χ0) is 16.4. The lowest BCUT2D eigenvalue weighted by Crippen LogP contribution is -2.54. The van der Waals surface area contributed by atoms with E-state index in [1.54, 1.807) is 0 Å². The lowest BCUT2D eigenvalue weighted by atomic mass is 10.1. The molecule has 9 nitrogen and oxygen atoms in total. The van der Waals surface area contributed by atoms with Crippen molar-refractivity contribution in [2.45, 2.75) is 44.3 Å². The average Bonchev–Trinajstić information content (AvgIpc) is 2.43. The molecule has 9 heteroatoms. The minimum Gasteiger partial charge on any atom is -0.480 e. The zero-order valence-corrected chi connectivity index (χ0v) is 12.0. The lowest BCUT2D eigenvalue weighted by Gasteiger charge is -2.19. The topological polar surface area (TPSA) is 168 Å². The third-order valence-corrected chi connectivity index (χ3v) is 2.86. The van der Waals surface area contributed by atoms with Crippen LogP contribution in [0.4, 0.5) is 0 Å². The van der Waals surface area contributed by atoms with Crippen LogP contribution in [0.5, 0.6) is 0 Å². The van der Waals surface area contributed by atoms with Crippen LogP contribution in [0.2, 0.25) is 0 Å². The minimum atomic E-state index is -1.41. The first-order valence-electron chi connectivity index (χ1n) is 6.73. The molecule has 8 N–H and O–H groups in total. The third kappa shape index (κ3) is 7.59. The molecule has 122 valence electrons. The van der Waals surface area contributed by atoms with Gasteiger partial charge in [0.25, 0.3) is 0 Å². The highest BCUT2D eigenvalue weighted by Crippen LogP contribution is 1.99. The average molecular weight is 304 g/mol. The first-order chi connectivity index (χ1) is 9.83. The Balaban J connectivity index is 4.27. The quantitative estimate of drug-likeness (QED) is 0.243. The number of hydrogen-bond acceptors (Lipinski definition) is 6. The Morgan fingerprint density at radius 2 is 1.76 bits per heavy atom. The summed E-state index contributed by atoms with van der Waals surface area (Å²) in [4.78, 5) is 34.1. The zero-order valence-electron chi connectivity index (χ0n) is 12.0. The molecule has 2 amide bonds. The van der Waals surface area contributed by atoms with E-state index in [9.17, 15) is 14.4 Å². The third-order valence-electron chi connectivity index (χ3n) is 2.86. The maximum Gasteiger partial charge on any atom is 0.328 e. The Morgan fingerprint density at radius 3 is 2.24 bits per heavy atom. The highest BCUT2D eigenvalue weighted by Gasteiger charge is 2.24. The summed E-state index contributed by atoms with van der Waals surface area (Å²) in [5.41, 5.74) is 11.0. The Labute approximate surface area is 123 Å². The number of amides is 2. The number of carbonyl (C=O) groups excluding carboxylic acids is 2. The Morgan fingerprint density at radius 1 is 1.14 bits per heavy atom. The summed E-state index contributed by atoms with van der Waals surface area (Å²) in [5.74, 6) is -2.56. The van der Waals surface area contributed by atoms with Crippen molar-refractivity contribution in [3.8, 4) is 0 Å². The van der Waals surface area contributed by atoms with E-state index < -0.39 is 42.5 Å². The SMILES string of the molecule is C[C@H](NC(=O)[C@@H](N)CCCCN)C(=O)N[C@@H](CO)C(=O)O. The van der Waals surface area contributed by atoms with Crippen LogP contribution >= 0.6 is 0 Å². The van der Waals surface area contributed by atoms with Gasteiger partial charge in [0, 0.05) is 0 Å². The van der Waals surface area contributed by atoms with E-state index >= 15 is 0 Å². The number of hydrogen-bond donors (Lipinski definition) is 6. The molecule has 0 aliphatic carbocycles. The van der Waals surface area contributed by atoms with Crippen LogP contribution in [-0.2, 0) is 14.4 Å². The molecule has 0 unspecified atom stereocenters. The minimum absolute atomic E-state index is 0.450. The van der Waals surface area contributed by atoms with Gasteiger partial charge >= 0.3 is 5.97 Å². The van der Waals surface area contributed by atoms with E-state index in [-0.39, 0.29) is 0 Å². The molecule has 0 saturated carbocycles. The molecular formula is C12H24N4O5. The van der Waals surface area contributed by atoms with Gasteiger partial charge in [0.05, 0.1) is 12.6 Å². The summed E-state index contributed by atoms with van der Waals surface area (Å²) in [6, 6.07) is -3.11. The van der Waals surface area contributed by atoms with E-state index in [1.807, 2.05) is 0 Å². The molecule has 0 aromatic carbocycles. The van der Waals surface area contributed by atoms with Crippen LogP contribution in [0.3, 0.4) is 0 Å². The van der Waals surface area contributed by atoms with Crippen molar-refractivity contribution in [1.82, 2.24) is 10.6 Å². The van der Waals surface area contributed by atoms with Crippen LogP contribution in [0.25, 0.3) is 0 Å². The van der Waals surface area contributed by atoms with Gasteiger partial charge in [-0.1, -0.05) is 6.42 Å². The van der Waals surface area contributed by atoms with Crippen molar-refractivity contribution in [2.24, 2.45) is 11.5 Å². The number of carbonyl (C=O) groups is 3. The second-order valence-corrected chi connectivity index (χ2v) is 4.70. The number of unbranched alkanes of at least 4 members (excludes halogenated alkanes) is 1. The van der Waals surface area contributed by atoms with Crippen molar-refractivity contribution >= 4 is 17.8 Å². The second-order valence-electron chi connectivity index (χ2n) is 4.70. The van der Waals surface area contributed by atoms with E-state index in [0.29, 0.717) is 19.4 Å². The van der Waals surface area contributed by atoms with Gasteiger partial charge in [0.2, 0.25) is 11.8 Å². The molecule has 0 aromatic rings. The number of aliphatic carboxylic acids is 1. The first-order valence-corrected chi connectivity index (χ1v) is 6.73. The van der Waals surface area contributed by atoms with Crippen LogP contribution in [0.1, 0.15) is 26.2 Å². The molecule has 21 heavy (non-hydrogen) atoms. The summed E-state index contributed by atoms with van der Waals surface area (Å²) < 4.78 is 0. The molecule has 0 fully saturated rings. The largest absolute Gasteiger partial charge is 0.480 e. The standard InChI is InChI=1S/C12H24N4O5/c1-7(10(18)16-9(6-17)12(20)21)15-11(19)8(14)4-2-3-5-13/h7-9,17H,2-6,13-14H2,1H3,(H,15,19)(H,16,18)(H,20,21)/t7-,8-,9-/m0/s1. The van der Waals surface area contributed by atoms with Crippen molar-refractivity contribution in [3.05, 3.63) is 0 Å². The van der Waals surface area contributed by atoms with Gasteiger partial charge in [0.15, 0.2) is 0 Å². The molecule has 0 aliphatic rings. The van der Waals surface area contributed by atoms with Gasteiger partial charge in [-0.25, -0.2) is 4.79 Å². The van der Waals surface area contributed by atoms with Crippen molar-refractivity contribution in [3.63, 3.8) is 0 Å². The number of nitrogens with two attached hydrogens (primary N) is 2. The molecule has 0 aromatic heterocycles. The van der Waals surface area contributed by atoms with Gasteiger partial charge in [-0.15, -0.1) is 0 Å². The lowest BCUT2D eigenvalue weighted by molar-refractivity contribution is -0.143. The first kappa shape index (κ1) is 19.3. The van der Waals surface area contributed by atoms with Crippen molar-refractivity contribution in [1.29, 1.82) is 0 Å². The van der Waals surface area contributed by atoms with E-state index in [2.05, 4.69) is 10.6 Å². The Bertz CT molecular complexity index is 364. The summed E-state index contributed by atoms with van der Waals surface area (Å²) in [7, 11) is 0. The molecule has 0 radical (unpaired) electrons. The number of aliphatic hydroxyl groups excluding tert-OH is 1. The second kappa shape index (κ2) is 10.1. The molecule has 0 bridgehead atoms. The fraction of sp³-hybridized carbons (Fsp3) is 0.750. The molecule has 0 saturated heterocycles. The summed E-state index contributed by atoms with van der Waals surface area (Å²) in [5, 5.41) is 22.0. The van der Waals surface area contributed by atoms with E-state index in [4.69, 9.17) is 21.7 Å². The molecule has 0 heterocycles. The van der Waals surface area contributed by atoms with Crippen LogP contribution in [-0.4, -0.2) is 59.3 Å². The van der Waals surface area contributed by atoms with E-state index in [1.165, 1.54) is 6.92 Å². The number of nitrogens with one attached hydrogen (secondary N) is 2. The Hall–Kier alpha value is -1.71. The van der Waals surface area contributed by atoms with Gasteiger partial charge in [-0.05, 0) is 26.3 Å². The molecule has 3 atom stereocenters. The number of carboxylic acids is 1. The fourth-order valence-corrected chi connectivity index (χ4v) is 1.51. The van der Waals surface area contributed by atoms with Crippen molar-refractivity contribution < 1.29 is 24.6 Å². The maximum absolute atomic E-state index is 11.7. The molecule has 0 aliphatic heterocycles.